The number of aryl methyl sites for hydroxylation is 1. The minimum Gasteiger partial charge on any atom is -0.506 e. The number of oxime groups is 1. The van der Waals surface area contributed by atoms with E-state index in [0.29, 0.717) is 11.7 Å². The Kier molecular flexibility index (Phi) is 6.61. The van der Waals surface area contributed by atoms with Crippen LogP contribution in [0.3, 0.4) is 0 Å². The molecule has 1 saturated heterocycles. The number of hydrogen-bond donors (Lipinski definition) is 3. The number of hydrogen-bond acceptors (Lipinski definition) is 6. The summed E-state index contributed by atoms with van der Waals surface area (Å²) in [6, 6.07) is 3.75. The standard InChI is InChI=1S/C16H26N4O2/c17-13-5-4-10-20(12-13)9-3-1-2-6-14-7-8-16(21)15(19-14)11-18-22/h7-8,11,13,21-22H,1-6,9-10,12,17H2. The van der Waals surface area contributed by atoms with Gasteiger partial charge in [-0.3, -0.25) is 0 Å². The molecule has 0 spiro atoms. The van der Waals surface area contributed by atoms with Gasteiger partial charge in [-0.05, 0) is 57.3 Å². The van der Waals surface area contributed by atoms with Crippen molar-refractivity contribution < 1.29 is 10.3 Å². The maximum absolute atomic E-state index is 9.56. The van der Waals surface area contributed by atoms with Crippen LogP contribution < -0.4 is 5.73 Å². The molecule has 1 atom stereocenters. The minimum atomic E-state index is 0.0305. The van der Waals surface area contributed by atoms with Crippen LogP contribution in [0.1, 0.15) is 43.5 Å². The van der Waals surface area contributed by atoms with Gasteiger partial charge in [-0.15, -0.1) is 0 Å². The lowest BCUT2D eigenvalue weighted by atomic mass is 10.1. The second-order valence-electron chi connectivity index (χ2n) is 5.97. The summed E-state index contributed by atoms with van der Waals surface area (Å²) < 4.78 is 0. The van der Waals surface area contributed by atoms with Crippen molar-refractivity contribution >= 4 is 6.21 Å². The van der Waals surface area contributed by atoms with Crippen LogP contribution in [0.25, 0.3) is 0 Å². The molecule has 2 rings (SSSR count). The fourth-order valence-electron chi connectivity index (χ4n) is 2.91. The van der Waals surface area contributed by atoms with Gasteiger partial charge in [-0.25, -0.2) is 4.98 Å². The zero-order chi connectivity index (χ0) is 15.8. The first-order chi connectivity index (χ1) is 10.7. The Bertz CT molecular complexity index is 493. The average molecular weight is 306 g/mol. The Hall–Kier alpha value is -1.66. The molecule has 22 heavy (non-hydrogen) atoms. The van der Waals surface area contributed by atoms with Crippen molar-refractivity contribution in [3.63, 3.8) is 0 Å². The summed E-state index contributed by atoms with van der Waals surface area (Å²) in [6.07, 6.45) is 7.78. The molecule has 1 aromatic heterocycles. The molecule has 1 unspecified atom stereocenters. The summed E-state index contributed by atoms with van der Waals surface area (Å²) in [5.74, 6) is 0.0305. The van der Waals surface area contributed by atoms with E-state index in [-0.39, 0.29) is 5.75 Å². The summed E-state index contributed by atoms with van der Waals surface area (Å²) in [5.41, 5.74) is 7.20. The summed E-state index contributed by atoms with van der Waals surface area (Å²) in [6.45, 7) is 3.33. The lowest BCUT2D eigenvalue weighted by Gasteiger charge is -2.30. The molecule has 0 saturated carbocycles. The lowest BCUT2D eigenvalue weighted by molar-refractivity contribution is 0.205. The van der Waals surface area contributed by atoms with Crippen molar-refractivity contribution in [1.82, 2.24) is 9.88 Å². The number of rotatable bonds is 7. The van der Waals surface area contributed by atoms with Crippen LogP contribution in [-0.4, -0.2) is 52.1 Å². The van der Waals surface area contributed by atoms with Crippen LogP contribution in [0, 0.1) is 0 Å². The molecule has 1 aromatic rings. The van der Waals surface area contributed by atoms with Gasteiger partial charge in [0.2, 0.25) is 0 Å². The molecular formula is C16H26N4O2. The number of likely N-dealkylation sites (tertiary alicyclic amines) is 1. The molecule has 122 valence electrons. The van der Waals surface area contributed by atoms with E-state index < -0.39 is 0 Å². The second-order valence-corrected chi connectivity index (χ2v) is 5.97. The monoisotopic (exact) mass is 306 g/mol. The summed E-state index contributed by atoms with van der Waals surface area (Å²) >= 11 is 0. The van der Waals surface area contributed by atoms with Crippen LogP contribution in [-0.2, 0) is 6.42 Å². The first kappa shape index (κ1) is 16.7. The predicted octanol–water partition coefficient (Wildman–Crippen LogP) is 1.73. The summed E-state index contributed by atoms with van der Waals surface area (Å²) in [7, 11) is 0. The number of pyridine rings is 1. The number of nitrogens with two attached hydrogens (primary N) is 1. The summed E-state index contributed by atoms with van der Waals surface area (Å²) in [5, 5.41) is 21.0. The molecule has 1 aliphatic rings. The highest BCUT2D eigenvalue weighted by Crippen LogP contribution is 2.15. The number of unbranched alkanes of at least 4 members (excludes halogenated alkanes) is 2. The Morgan fingerprint density at radius 2 is 2.23 bits per heavy atom. The van der Waals surface area contributed by atoms with Crippen molar-refractivity contribution in [2.24, 2.45) is 10.9 Å². The van der Waals surface area contributed by atoms with Gasteiger partial charge in [0, 0.05) is 18.3 Å². The van der Waals surface area contributed by atoms with E-state index in [1.807, 2.05) is 6.07 Å². The van der Waals surface area contributed by atoms with Gasteiger partial charge < -0.3 is 20.9 Å². The number of aromatic nitrogens is 1. The zero-order valence-corrected chi connectivity index (χ0v) is 13.0. The summed E-state index contributed by atoms with van der Waals surface area (Å²) in [4.78, 5) is 6.73. The van der Waals surface area contributed by atoms with Gasteiger partial charge in [0.05, 0.1) is 6.21 Å². The van der Waals surface area contributed by atoms with Crippen molar-refractivity contribution in [1.29, 1.82) is 0 Å². The van der Waals surface area contributed by atoms with E-state index in [0.717, 1.165) is 50.7 Å². The quantitative estimate of drug-likeness (QED) is 0.309. The van der Waals surface area contributed by atoms with E-state index in [2.05, 4.69) is 15.0 Å². The van der Waals surface area contributed by atoms with Gasteiger partial charge in [-0.1, -0.05) is 11.6 Å². The van der Waals surface area contributed by atoms with E-state index in [9.17, 15) is 5.11 Å². The molecule has 1 aliphatic heterocycles. The molecule has 0 bridgehead atoms. The van der Waals surface area contributed by atoms with Gasteiger partial charge in [0.15, 0.2) is 0 Å². The Morgan fingerprint density at radius 3 is 3.00 bits per heavy atom. The third kappa shape index (κ3) is 5.27. The number of aromatic hydroxyl groups is 1. The number of nitrogens with zero attached hydrogens (tertiary/aromatic N) is 3. The molecule has 0 radical (unpaired) electrons. The average Bonchev–Trinajstić information content (AvgIpc) is 2.50. The maximum atomic E-state index is 9.56. The second kappa shape index (κ2) is 8.70. The molecule has 2 heterocycles. The molecule has 1 fully saturated rings. The van der Waals surface area contributed by atoms with Crippen LogP contribution >= 0.6 is 0 Å². The van der Waals surface area contributed by atoms with Crippen LogP contribution in [0.2, 0.25) is 0 Å². The third-order valence-corrected chi connectivity index (χ3v) is 4.09. The van der Waals surface area contributed by atoms with Crippen molar-refractivity contribution in [2.45, 2.75) is 44.6 Å². The van der Waals surface area contributed by atoms with Crippen LogP contribution in [0.15, 0.2) is 17.3 Å². The molecule has 0 aliphatic carbocycles. The molecule has 0 amide bonds. The Balaban J connectivity index is 1.67. The first-order valence-electron chi connectivity index (χ1n) is 8.03. The van der Waals surface area contributed by atoms with E-state index >= 15 is 0 Å². The largest absolute Gasteiger partial charge is 0.506 e. The van der Waals surface area contributed by atoms with E-state index in [1.165, 1.54) is 19.4 Å². The zero-order valence-electron chi connectivity index (χ0n) is 13.0. The number of piperidine rings is 1. The highest BCUT2D eigenvalue weighted by atomic mass is 16.4. The highest BCUT2D eigenvalue weighted by molar-refractivity contribution is 5.80. The van der Waals surface area contributed by atoms with Crippen molar-refractivity contribution in [3.05, 3.63) is 23.5 Å². The SMILES string of the molecule is NC1CCCN(CCCCCc2ccc(O)c(C=NO)n2)C1. The van der Waals surface area contributed by atoms with Gasteiger partial charge >= 0.3 is 0 Å². The van der Waals surface area contributed by atoms with Crippen molar-refractivity contribution in [2.75, 3.05) is 19.6 Å². The first-order valence-corrected chi connectivity index (χ1v) is 8.03. The lowest BCUT2D eigenvalue weighted by Crippen LogP contribution is -2.43. The van der Waals surface area contributed by atoms with E-state index in [1.54, 1.807) is 6.07 Å². The van der Waals surface area contributed by atoms with E-state index in [4.69, 9.17) is 10.9 Å². The van der Waals surface area contributed by atoms with Gasteiger partial charge in [0.25, 0.3) is 0 Å². The molecule has 6 heteroatoms. The van der Waals surface area contributed by atoms with Gasteiger partial charge in [-0.2, -0.15) is 0 Å². The predicted molar refractivity (Wildman–Crippen MR) is 86.5 cm³/mol. The highest BCUT2D eigenvalue weighted by Gasteiger charge is 2.15. The molecule has 4 N–H and O–H groups in total. The Labute approximate surface area is 131 Å². The molecular weight excluding hydrogens is 280 g/mol. The maximum Gasteiger partial charge on any atom is 0.142 e. The van der Waals surface area contributed by atoms with Crippen LogP contribution in [0.4, 0.5) is 0 Å². The van der Waals surface area contributed by atoms with Gasteiger partial charge in [0.1, 0.15) is 11.4 Å². The van der Waals surface area contributed by atoms with Crippen molar-refractivity contribution in [3.8, 4) is 5.75 Å². The molecule has 0 aromatic carbocycles. The fourth-order valence-corrected chi connectivity index (χ4v) is 2.91. The van der Waals surface area contributed by atoms with Crippen LogP contribution in [0.5, 0.6) is 5.75 Å². The normalized spacial score (nSPS) is 19.8. The third-order valence-electron chi connectivity index (χ3n) is 4.09. The Morgan fingerprint density at radius 1 is 1.36 bits per heavy atom. The smallest absolute Gasteiger partial charge is 0.142 e. The topological polar surface area (TPSA) is 95.0 Å². The fraction of sp³-hybridized carbons (Fsp3) is 0.625. The molecule has 6 nitrogen and oxygen atoms in total. The minimum absolute atomic E-state index is 0.0305.